The first-order chi connectivity index (χ1) is 9.72. The number of carbonyl (C=O) groups is 1. The average Bonchev–Trinajstić information content (AvgIpc) is 2.76. The van der Waals surface area contributed by atoms with Crippen molar-refractivity contribution < 1.29 is 14.4 Å². The zero-order valence-corrected chi connectivity index (χ0v) is 12.4. The number of para-hydroxylation sites is 2. The molecule has 0 bridgehead atoms. The molecule has 1 fully saturated rings. The fourth-order valence-electron chi connectivity index (χ4n) is 2.79. The maximum absolute atomic E-state index is 12.4. The van der Waals surface area contributed by atoms with Crippen LogP contribution in [0.25, 0.3) is 0 Å². The van der Waals surface area contributed by atoms with Crippen molar-refractivity contribution in [3.63, 3.8) is 0 Å². The summed E-state index contributed by atoms with van der Waals surface area (Å²) in [6.45, 7) is 4.21. The van der Waals surface area contributed by atoms with Crippen LogP contribution in [-0.2, 0) is 4.79 Å². The van der Waals surface area contributed by atoms with Gasteiger partial charge in [-0.3, -0.25) is 4.79 Å². The molecule has 0 aromatic heterocycles. The summed E-state index contributed by atoms with van der Waals surface area (Å²) in [4.78, 5) is 13.8. The molecule has 0 spiro atoms. The number of amides is 1. The van der Waals surface area contributed by atoms with Crippen LogP contribution >= 0.6 is 0 Å². The van der Waals surface area contributed by atoms with Crippen LogP contribution in [0.15, 0.2) is 24.3 Å². The molecule has 1 aliphatic heterocycles. The van der Waals surface area contributed by atoms with Crippen LogP contribution in [0.4, 0.5) is 5.69 Å². The first kappa shape index (κ1) is 14.9. The van der Waals surface area contributed by atoms with E-state index in [4.69, 9.17) is 4.74 Å². The lowest BCUT2D eigenvalue weighted by molar-refractivity contribution is -0.913. The smallest absolute Gasteiger partial charge is 0.282 e. The second-order valence-electron chi connectivity index (χ2n) is 5.48. The van der Waals surface area contributed by atoms with Gasteiger partial charge in [0.2, 0.25) is 0 Å². The van der Waals surface area contributed by atoms with Crippen LogP contribution < -0.4 is 15.0 Å². The molecule has 1 amide bonds. The van der Waals surface area contributed by atoms with Gasteiger partial charge in [0.25, 0.3) is 5.91 Å². The third kappa shape index (κ3) is 3.73. The van der Waals surface area contributed by atoms with E-state index in [1.165, 1.54) is 30.6 Å². The van der Waals surface area contributed by atoms with Crippen molar-refractivity contribution in [2.45, 2.75) is 38.6 Å². The molecule has 2 N–H and O–H groups in total. The molecule has 1 saturated heterocycles. The number of carbonyl (C=O) groups excluding carboxylic acids is 1. The van der Waals surface area contributed by atoms with E-state index in [1.54, 1.807) is 7.11 Å². The Balaban J connectivity index is 1.99. The number of nitrogens with one attached hydrogen (secondary N) is 2. The van der Waals surface area contributed by atoms with Gasteiger partial charge in [-0.1, -0.05) is 12.1 Å². The standard InChI is InChI=1S/C16H24N2O2/c1-13(18-11-7-3-4-8-12-18)16(19)17-14-9-5-6-10-15(14)20-2/h5-6,9-10,13H,3-4,7-8,11-12H2,1-2H3,(H,17,19)/p+1/t13-/m0/s1. The third-order valence-corrected chi connectivity index (χ3v) is 4.12. The minimum atomic E-state index is -0.0157. The number of benzene rings is 1. The van der Waals surface area contributed by atoms with Crippen molar-refractivity contribution in [1.82, 2.24) is 0 Å². The fourth-order valence-corrected chi connectivity index (χ4v) is 2.79. The molecule has 0 saturated carbocycles. The Bertz CT molecular complexity index is 440. The van der Waals surface area contributed by atoms with E-state index in [0.29, 0.717) is 5.75 Å². The van der Waals surface area contributed by atoms with Gasteiger partial charge in [-0.05, 0) is 44.7 Å². The Hall–Kier alpha value is -1.55. The zero-order chi connectivity index (χ0) is 14.4. The molecule has 4 nitrogen and oxygen atoms in total. The van der Waals surface area contributed by atoms with Crippen LogP contribution in [0.2, 0.25) is 0 Å². The summed E-state index contributed by atoms with van der Waals surface area (Å²) in [5.74, 6) is 0.783. The van der Waals surface area contributed by atoms with Crippen LogP contribution in [-0.4, -0.2) is 32.1 Å². The summed E-state index contributed by atoms with van der Waals surface area (Å²) >= 11 is 0. The Morgan fingerprint density at radius 1 is 1.20 bits per heavy atom. The van der Waals surface area contributed by atoms with Crippen LogP contribution in [0, 0.1) is 0 Å². The van der Waals surface area contributed by atoms with Crippen molar-refractivity contribution in [2.24, 2.45) is 0 Å². The minimum absolute atomic E-state index is 0.0157. The van der Waals surface area contributed by atoms with E-state index in [1.807, 2.05) is 31.2 Å². The van der Waals surface area contributed by atoms with Gasteiger partial charge in [0, 0.05) is 0 Å². The van der Waals surface area contributed by atoms with E-state index < -0.39 is 0 Å². The molecular formula is C16H25N2O2+. The quantitative estimate of drug-likeness (QED) is 0.875. The Morgan fingerprint density at radius 3 is 2.50 bits per heavy atom. The monoisotopic (exact) mass is 277 g/mol. The number of anilines is 1. The Morgan fingerprint density at radius 2 is 1.85 bits per heavy atom. The number of likely N-dealkylation sites (tertiary alicyclic amines) is 1. The lowest BCUT2D eigenvalue weighted by Gasteiger charge is -2.24. The molecule has 1 heterocycles. The molecule has 1 aliphatic rings. The highest BCUT2D eigenvalue weighted by Crippen LogP contribution is 2.22. The van der Waals surface area contributed by atoms with E-state index in [2.05, 4.69) is 5.32 Å². The molecule has 0 unspecified atom stereocenters. The number of ether oxygens (including phenoxy) is 1. The molecule has 110 valence electrons. The van der Waals surface area contributed by atoms with Gasteiger partial charge in [0.15, 0.2) is 6.04 Å². The number of quaternary nitrogens is 1. The molecule has 1 aromatic rings. The molecule has 0 radical (unpaired) electrons. The summed E-state index contributed by atoms with van der Waals surface area (Å²) in [6, 6.07) is 7.53. The number of methoxy groups -OCH3 is 1. The Kier molecular flexibility index (Phi) is 5.41. The first-order valence-corrected chi connectivity index (χ1v) is 7.51. The molecule has 2 rings (SSSR count). The van der Waals surface area contributed by atoms with Crippen LogP contribution in [0.1, 0.15) is 32.6 Å². The van der Waals surface area contributed by atoms with Gasteiger partial charge in [0.1, 0.15) is 5.75 Å². The van der Waals surface area contributed by atoms with Gasteiger partial charge in [-0.2, -0.15) is 0 Å². The normalized spacial score (nSPS) is 18.1. The number of hydrogen-bond acceptors (Lipinski definition) is 2. The summed E-state index contributed by atoms with van der Waals surface area (Å²) in [7, 11) is 1.62. The summed E-state index contributed by atoms with van der Waals surface area (Å²) in [5, 5.41) is 2.99. The van der Waals surface area contributed by atoms with Crippen LogP contribution in [0.5, 0.6) is 5.75 Å². The van der Waals surface area contributed by atoms with Gasteiger partial charge in [0.05, 0.1) is 25.9 Å². The molecule has 20 heavy (non-hydrogen) atoms. The zero-order valence-electron chi connectivity index (χ0n) is 12.4. The number of hydrogen-bond donors (Lipinski definition) is 2. The highest BCUT2D eigenvalue weighted by molar-refractivity contribution is 5.94. The van der Waals surface area contributed by atoms with Gasteiger partial charge in [-0.15, -0.1) is 0 Å². The molecule has 0 aliphatic carbocycles. The van der Waals surface area contributed by atoms with Crippen molar-refractivity contribution in [2.75, 3.05) is 25.5 Å². The van der Waals surface area contributed by atoms with Gasteiger partial charge < -0.3 is 15.0 Å². The topological polar surface area (TPSA) is 42.8 Å². The van der Waals surface area contributed by atoms with Gasteiger partial charge in [-0.25, -0.2) is 0 Å². The third-order valence-electron chi connectivity index (χ3n) is 4.12. The van der Waals surface area contributed by atoms with Gasteiger partial charge >= 0.3 is 0 Å². The van der Waals surface area contributed by atoms with Crippen molar-refractivity contribution >= 4 is 11.6 Å². The maximum atomic E-state index is 12.4. The fraction of sp³-hybridized carbons (Fsp3) is 0.562. The molecule has 1 atom stereocenters. The van der Waals surface area contributed by atoms with Crippen molar-refractivity contribution in [1.29, 1.82) is 0 Å². The first-order valence-electron chi connectivity index (χ1n) is 7.51. The lowest BCUT2D eigenvalue weighted by atomic mass is 10.2. The highest BCUT2D eigenvalue weighted by Gasteiger charge is 2.26. The molecule has 4 heteroatoms. The van der Waals surface area contributed by atoms with E-state index in [9.17, 15) is 4.79 Å². The predicted molar refractivity (Wildman–Crippen MR) is 80.3 cm³/mol. The van der Waals surface area contributed by atoms with E-state index in [-0.39, 0.29) is 11.9 Å². The summed E-state index contributed by atoms with van der Waals surface area (Å²) < 4.78 is 5.27. The maximum Gasteiger partial charge on any atom is 0.282 e. The minimum Gasteiger partial charge on any atom is -0.495 e. The largest absolute Gasteiger partial charge is 0.495 e. The SMILES string of the molecule is COc1ccccc1NC(=O)[C@H](C)[NH+]1CCCCCC1. The van der Waals surface area contributed by atoms with E-state index >= 15 is 0 Å². The second-order valence-corrected chi connectivity index (χ2v) is 5.48. The highest BCUT2D eigenvalue weighted by atomic mass is 16.5. The Labute approximate surface area is 121 Å². The van der Waals surface area contributed by atoms with E-state index in [0.717, 1.165) is 18.8 Å². The second kappa shape index (κ2) is 7.29. The number of rotatable bonds is 4. The van der Waals surface area contributed by atoms with Crippen molar-refractivity contribution in [3.05, 3.63) is 24.3 Å². The molecule has 1 aromatic carbocycles. The predicted octanol–water partition coefficient (Wildman–Crippen LogP) is 1.48. The summed E-state index contributed by atoms with van der Waals surface area (Å²) in [6.07, 6.45) is 5.04. The molecular weight excluding hydrogens is 252 g/mol. The summed E-state index contributed by atoms with van der Waals surface area (Å²) in [5.41, 5.74) is 0.751. The van der Waals surface area contributed by atoms with Crippen LogP contribution in [0.3, 0.4) is 0 Å². The average molecular weight is 277 g/mol. The lowest BCUT2D eigenvalue weighted by Crippen LogP contribution is -3.16. The van der Waals surface area contributed by atoms with Crippen molar-refractivity contribution in [3.8, 4) is 5.75 Å².